The lowest BCUT2D eigenvalue weighted by Gasteiger charge is -2.37. The number of aliphatic carboxylic acids is 1. The van der Waals surface area contributed by atoms with Gasteiger partial charge >= 0.3 is 5.97 Å². The number of aliphatic hydroxyl groups excluding tert-OH is 3. The molecule has 1 unspecified atom stereocenters. The van der Waals surface area contributed by atoms with Gasteiger partial charge in [0.25, 0.3) is 0 Å². The summed E-state index contributed by atoms with van der Waals surface area (Å²) in [6, 6.07) is 0. The average molecular weight is 236 g/mol. The number of nitrogens with zero attached hydrogens (tertiary/aromatic N) is 1. The van der Waals surface area contributed by atoms with Crippen molar-refractivity contribution in [2.24, 2.45) is 0 Å². The van der Waals surface area contributed by atoms with Crippen molar-refractivity contribution in [1.82, 2.24) is 0 Å². The van der Waals surface area contributed by atoms with Crippen molar-refractivity contribution >= 4 is 5.97 Å². The highest BCUT2D eigenvalue weighted by atomic mass is 16.4. The van der Waals surface area contributed by atoms with Gasteiger partial charge in [0.05, 0.1) is 13.2 Å². The van der Waals surface area contributed by atoms with Crippen LogP contribution in [0.25, 0.3) is 0 Å². The van der Waals surface area contributed by atoms with Crippen LogP contribution in [0, 0.1) is 0 Å². The summed E-state index contributed by atoms with van der Waals surface area (Å²) in [4.78, 5) is 10.8. The molecular weight excluding hydrogens is 214 g/mol. The van der Waals surface area contributed by atoms with Crippen LogP contribution < -0.4 is 0 Å². The van der Waals surface area contributed by atoms with Gasteiger partial charge in [0.2, 0.25) is 0 Å². The predicted molar refractivity (Wildman–Crippen MR) is 57.8 cm³/mol. The molecule has 96 valence electrons. The van der Waals surface area contributed by atoms with E-state index >= 15 is 0 Å². The minimum absolute atomic E-state index is 0.0112. The van der Waals surface area contributed by atoms with Gasteiger partial charge in [0.15, 0.2) is 6.54 Å². The summed E-state index contributed by atoms with van der Waals surface area (Å²) in [6.07, 6.45) is -0.0892. The zero-order chi connectivity index (χ0) is 12.6. The zero-order valence-corrected chi connectivity index (χ0v) is 9.67. The highest BCUT2D eigenvalue weighted by Crippen LogP contribution is 2.09. The Morgan fingerprint density at radius 1 is 1.25 bits per heavy atom. The van der Waals surface area contributed by atoms with Crippen molar-refractivity contribution in [3.05, 3.63) is 0 Å². The number of carbonyl (C=O) groups is 1. The standard InChI is InChI=1S/C10H21NO5/c1-2-9(14)7-11(3-5-12,4-6-13)8-10(15)16/h9,12-14H,2-8H2,1H3/p+1. The average Bonchev–Trinajstić information content (AvgIpc) is 2.17. The molecular formula is C10H22NO5+. The van der Waals surface area contributed by atoms with Gasteiger partial charge in [0.1, 0.15) is 25.7 Å². The Bertz CT molecular complexity index is 203. The summed E-state index contributed by atoms with van der Waals surface area (Å²) in [5.41, 5.74) is 0. The van der Waals surface area contributed by atoms with Gasteiger partial charge in [-0.15, -0.1) is 0 Å². The molecule has 0 heterocycles. The number of hydrogen-bond donors (Lipinski definition) is 4. The maximum absolute atomic E-state index is 10.8. The normalized spacial score (nSPS) is 13.8. The van der Waals surface area contributed by atoms with E-state index in [-0.39, 0.29) is 43.9 Å². The molecule has 0 bridgehead atoms. The molecule has 0 saturated heterocycles. The largest absolute Gasteiger partial charge is 0.477 e. The first-order valence-electron chi connectivity index (χ1n) is 5.46. The Labute approximate surface area is 95.3 Å². The molecule has 0 aliphatic carbocycles. The number of aliphatic hydroxyl groups is 3. The Morgan fingerprint density at radius 3 is 2.06 bits per heavy atom. The first-order valence-corrected chi connectivity index (χ1v) is 5.46. The monoisotopic (exact) mass is 236 g/mol. The van der Waals surface area contributed by atoms with Crippen LogP contribution in [0.2, 0.25) is 0 Å². The fourth-order valence-electron chi connectivity index (χ4n) is 1.80. The van der Waals surface area contributed by atoms with Crippen molar-refractivity contribution < 1.29 is 29.7 Å². The summed E-state index contributed by atoms with van der Waals surface area (Å²) >= 11 is 0. The lowest BCUT2D eigenvalue weighted by Crippen LogP contribution is -2.57. The first kappa shape index (κ1) is 15.3. The van der Waals surface area contributed by atoms with Crippen molar-refractivity contribution in [3.8, 4) is 0 Å². The lowest BCUT2D eigenvalue weighted by molar-refractivity contribution is -0.924. The molecule has 0 spiro atoms. The van der Waals surface area contributed by atoms with Crippen molar-refractivity contribution in [2.45, 2.75) is 19.4 Å². The molecule has 6 heteroatoms. The maximum atomic E-state index is 10.8. The Hall–Kier alpha value is -0.690. The summed E-state index contributed by atoms with van der Waals surface area (Å²) in [6.45, 7) is 1.97. The van der Waals surface area contributed by atoms with Crippen LogP contribution in [0.1, 0.15) is 13.3 Å². The van der Waals surface area contributed by atoms with Gasteiger partial charge in [-0.25, -0.2) is 4.79 Å². The number of rotatable bonds is 9. The van der Waals surface area contributed by atoms with E-state index in [2.05, 4.69) is 0 Å². The predicted octanol–water partition coefficient (Wildman–Crippen LogP) is -1.36. The van der Waals surface area contributed by atoms with Crippen molar-refractivity contribution in [1.29, 1.82) is 0 Å². The fraction of sp³-hybridized carbons (Fsp3) is 0.900. The van der Waals surface area contributed by atoms with E-state index in [1.165, 1.54) is 0 Å². The molecule has 0 radical (unpaired) electrons. The minimum atomic E-state index is -0.995. The van der Waals surface area contributed by atoms with Crippen molar-refractivity contribution in [3.63, 3.8) is 0 Å². The SMILES string of the molecule is CCC(O)C[N+](CCO)(CCO)CC(=O)O. The second-order valence-corrected chi connectivity index (χ2v) is 4.03. The minimum Gasteiger partial charge on any atom is -0.477 e. The molecule has 0 aliphatic rings. The number of hydrogen-bond acceptors (Lipinski definition) is 4. The second-order valence-electron chi connectivity index (χ2n) is 4.03. The highest BCUT2D eigenvalue weighted by molar-refractivity contribution is 5.67. The Morgan fingerprint density at radius 2 is 1.75 bits per heavy atom. The topological polar surface area (TPSA) is 98.0 Å². The smallest absolute Gasteiger partial charge is 0.359 e. The van der Waals surface area contributed by atoms with Crippen LogP contribution in [-0.4, -0.2) is 76.4 Å². The molecule has 0 rings (SSSR count). The second kappa shape index (κ2) is 7.56. The highest BCUT2D eigenvalue weighted by Gasteiger charge is 2.31. The van der Waals surface area contributed by atoms with Gasteiger partial charge in [-0.05, 0) is 6.42 Å². The Balaban J connectivity index is 4.68. The molecule has 6 nitrogen and oxygen atoms in total. The van der Waals surface area contributed by atoms with E-state index in [1.807, 2.05) is 0 Å². The number of quaternary nitrogens is 1. The van der Waals surface area contributed by atoms with E-state index in [4.69, 9.17) is 15.3 Å². The first-order chi connectivity index (χ1) is 7.49. The summed E-state index contributed by atoms with van der Waals surface area (Å²) < 4.78 is 0.0112. The van der Waals surface area contributed by atoms with Gasteiger partial charge < -0.3 is 24.9 Å². The van der Waals surface area contributed by atoms with Crippen LogP contribution in [-0.2, 0) is 4.79 Å². The van der Waals surface area contributed by atoms with E-state index < -0.39 is 12.1 Å². The molecule has 1 atom stereocenters. The molecule has 4 N–H and O–H groups in total. The van der Waals surface area contributed by atoms with Gasteiger partial charge in [0, 0.05) is 0 Å². The molecule has 0 aromatic heterocycles. The van der Waals surface area contributed by atoms with E-state index in [0.29, 0.717) is 6.42 Å². The van der Waals surface area contributed by atoms with Gasteiger partial charge in [-0.3, -0.25) is 0 Å². The third-order valence-corrected chi connectivity index (χ3v) is 2.69. The number of carboxylic acid groups (broad SMARTS) is 1. The molecule has 0 amide bonds. The zero-order valence-electron chi connectivity index (χ0n) is 9.67. The molecule has 0 aromatic rings. The molecule has 0 aliphatic heterocycles. The Kier molecular flexibility index (Phi) is 7.24. The fourth-order valence-corrected chi connectivity index (χ4v) is 1.80. The van der Waals surface area contributed by atoms with Crippen LogP contribution in [0.3, 0.4) is 0 Å². The van der Waals surface area contributed by atoms with Crippen LogP contribution >= 0.6 is 0 Å². The van der Waals surface area contributed by atoms with E-state index in [0.717, 1.165) is 0 Å². The van der Waals surface area contributed by atoms with Gasteiger partial charge in [-0.1, -0.05) is 6.92 Å². The summed E-state index contributed by atoms with van der Waals surface area (Å²) in [7, 11) is 0. The maximum Gasteiger partial charge on any atom is 0.359 e. The van der Waals surface area contributed by atoms with Crippen LogP contribution in [0.4, 0.5) is 0 Å². The van der Waals surface area contributed by atoms with Crippen molar-refractivity contribution in [2.75, 3.05) is 39.4 Å². The van der Waals surface area contributed by atoms with Crippen LogP contribution in [0.5, 0.6) is 0 Å². The molecule has 0 fully saturated rings. The third kappa shape index (κ3) is 5.41. The van der Waals surface area contributed by atoms with Gasteiger partial charge in [-0.2, -0.15) is 0 Å². The molecule has 0 saturated carbocycles. The lowest BCUT2D eigenvalue weighted by atomic mass is 10.2. The third-order valence-electron chi connectivity index (χ3n) is 2.69. The molecule has 0 aromatic carbocycles. The van der Waals surface area contributed by atoms with E-state index in [9.17, 15) is 9.90 Å². The van der Waals surface area contributed by atoms with E-state index in [1.54, 1.807) is 6.92 Å². The molecule has 16 heavy (non-hydrogen) atoms. The summed E-state index contributed by atoms with van der Waals surface area (Å²) in [5.74, 6) is -0.995. The number of carboxylic acids is 1. The summed E-state index contributed by atoms with van der Waals surface area (Å²) in [5, 5.41) is 36.3. The van der Waals surface area contributed by atoms with Crippen LogP contribution in [0.15, 0.2) is 0 Å². The quantitative estimate of drug-likeness (QED) is 0.371.